The summed E-state index contributed by atoms with van der Waals surface area (Å²) in [4.78, 5) is 13.0. The number of hydrogen-bond acceptors (Lipinski definition) is 4. The molecule has 5 nitrogen and oxygen atoms in total. The molecule has 0 amide bonds. The van der Waals surface area contributed by atoms with Gasteiger partial charge in [-0.05, 0) is 19.0 Å². The van der Waals surface area contributed by atoms with E-state index in [1.807, 2.05) is 0 Å². The fraction of sp³-hybridized carbons (Fsp3) is 0.500. The summed E-state index contributed by atoms with van der Waals surface area (Å²) < 4.78 is 39.4. The number of halogens is 3. The van der Waals surface area contributed by atoms with Gasteiger partial charge in [-0.2, -0.15) is 13.2 Å². The van der Waals surface area contributed by atoms with Crippen molar-refractivity contribution in [3.05, 3.63) is 33.9 Å². The van der Waals surface area contributed by atoms with Crippen molar-refractivity contribution in [1.82, 2.24) is 4.81 Å². The summed E-state index contributed by atoms with van der Waals surface area (Å²) in [6.07, 6.45) is -4.01. The van der Waals surface area contributed by atoms with Gasteiger partial charge >= 0.3 is 6.18 Å². The van der Waals surface area contributed by atoms with Gasteiger partial charge in [0.25, 0.3) is 5.69 Å². The molecule has 2 radical (unpaired) electrons. The first-order valence-corrected chi connectivity index (χ1v) is 6.39. The lowest BCUT2D eigenvalue weighted by Gasteiger charge is -2.26. The van der Waals surface area contributed by atoms with E-state index in [-0.39, 0.29) is 5.69 Å². The lowest BCUT2D eigenvalue weighted by Crippen LogP contribution is -2.30. The molecule has 9 heteroatoms. The smallest absolute Gasteiger partial charge is 0.370 e. The van der Waals surface area contributed by atoms with E-state index < -0.39 is 22.4 Å². The average Bonchev–Trinajstić information content (AvgIpc) is 2.62. The van der Waals surface area contributed by atoms with Crippen LogP contribution in [-0.4, -0.2) is 43.9 Å². The maximum absolute atomic E-state index is 13.1. The van der Waals surface area contributed by atoms with E-state index in [9.17, 15) is 23.3 Å². The molecule has 0 N–H and O–H groups in total. The van der Waals surface area contributed by atoms with Gasteiger partial charge in [0.05, 0.1) is 10.5 Å². The van der Waals surface area contributed by atoms with Crippen molar-refractivity contribution in [2.75, 3.05) is 31.1 Å². The molecule has 0 atom stereocenters. The van der Waals surface area contributed by atoms with Crippen LogP contribution >= 0.6 is 0 Å². The molecule has 2 rings (SSSR count). The third-order valence-corrected chi connectivity index (χ3v) is 3.37. The van der Waals surface area contributed by atoms with Crippen molar-refractivity contribution in [1.29, 1.82) is 0 Å². The second kappa shape index (κ2) is 5.93. The van der Waals surface area contributed by atoms with E-state index in [0.29, 0.717) is 38.7 Å². The minimum atomic E-state index is -4.64. The Bertz CT molecular complexity index is 539. The van der Waals surface area contributed by atoms with Crippen LogP contribution in [0.25, 0.3) is 0 Å². The van der Waals surface area contributed by atoms with Crippen LogP contribution in [-0.2, 0) is 6.18 Å². The molecule has 1 saturated heterocycles. The zero-order valence-corrected chi connectivity index (χ0v) is 11.1. The first-order chi connectivity index (χ1) is 9.79. The summed E-state index contributed by atoms with van der Waals surface area (Å²) in [7, 11) is 5.66. The topological polar surface area (TPSA) is 49.6 Å². The van der Waals surface area contributed by atoms with Gasteiger partial charge in [-0.3, -0.25) is 10.1 Å². The molecule has 1 heterocycles. The molecule has 0 bridgehead atoms. The summed E-state index contributed by atoms with van der Waals surface area (Å²) in [5, 5.41) is 10.7. The highest BCUT2D eigenvalue weighted by molar-refractivity contribution is 6.04. The van der Waals surface area contributed by atoms with Crippen LogP contribution in [0.1, 0.15) is 12.0 Å². The summed E-state index contributed by atoms with van der Waals surface area (Å²) in [5.41, 5.74) is -1.59. The number of benzene rings is 1. The van der Waals surface area contributed by atoms with Crippen LogP contribution in [0.4, 0.5) is 24.5 Å². The molecule has 112 valence electrons. The molecule has 1 fully saturated rings. The Morgan fingerprint density at radius 2 is 1.90 bits per heavy atom. The van der Waals surface area contributed by atoms with Crippen molar-refractivity contribution in [2.24, 2.45) is 0 Å². The van der Waals surface area contributed by atoms with Gasteiger partial charge in [0.1, 0.15) is 0 Å². The van der Waals surface area contributed by atoms with Crippen LogP contribution in [0.15, 0.2) is 18.2 Å². The number of rotatable bonds is 2. The number of non-ortho nitro benzene ring substituents is 1. The van der Waals surface area contributed by atoms with Gasteiger partial charge in [0.15, 0.2) is 7.98 Å². The van der Waals surface area contributed by atoms with Crippen LogP contribution < -0.4 is 4.90 Å². The third kappa shape index (κ3) is 3.66. The molecule has 0 spiro atoms. The summed E-state index contributed by atoms with van der Waals surface area (Å²) in [6, 6.07) is 2.84. The Labute approximate surface area is 120 Å². The predicted octanol–water partition coefficient (Wildman–Crippen LogP) is 2.21. The van der Waals surface area contributed by atoms with Gasteiger partial charge < -0.3 is 9.71 Å². The van der Waals surface area contributed by atoms with E-state index >= 15 is 0 Å². The molecule has 0 aromatic heterocycles. The zero-order chi connectivity index (χ0) is 15.6. The Kier molecular flexibility index (Phi) is 4.41. The largest absolute Gasteiger partial charge is 0.418 e. The highest BCUT2D eigenvalue weighted by atomic mass is 19.4. The SMILES string of the molecule is [B]N1CCCN(c2ccc([N+](=O)[O-])cc2C(F)(F)F)CC1. The summed E-state index contributed by atoms with van der Waals surface area (Å²) in [5.74, 6) is 0. The first kappa shape index (κ1) is 15.6. The van der Waals surface area contributed by atoms with E-state index in [2.05, 4.69) is 0 Å². The second-order valence-corrected chi connectivity index (χ2v) is 4.83. The van der Waals surface area contributed by atoms with Crippen molar-refractivity contribution in [3.63, 3.8) is 0 Å². The van der Waals surface area contributed by atoms with Crippen LogP contribution in [0.2, 0.25) is 0 Å². The van der Waals surface area contributed by atoms with Gasteiger partial charge in [0, 0.05) is 37.5 Å². The Morgan fingerprint density at radius 1 is 1.19 bits per heavy atom. The lowest BCUT2D eigenvalue weighted by atomic mass is 10.1. The highest BCUT2D eigenvalue weighted by Gasteiger charge is 2.36. The highest BCUT2D eigenvalue weighted by Crippen LogP contribution is 2.39. The van der Waals surface area contributed by atoms with Crippen LogP contribution in [0.5, 0.6) is 0 Å². The van der Waals surface area contributed by atoms with Crippen molar-refractivity contribution >= 4 is 19.4 Å². The lowest BCUT2D eigenvalue weighted by molar-refractivity contribution is -0.385. The van der Waals surface area contributed by atoms with E-state index in [1.165, 1.54) is 0 Å². The molecular formula is C12H13BF3N3O2. The maximum atomic E-state index is 13.1. The molecule has 0 saturated carbocycles. The molecule has 1 aromatic carbocycles. The average molecular weight is 299 g/mol. The van der Waals surface area contributed by atoms with Crippen LogP contribution in [0.3, 0.4) is 0 Å². The van der Waals surface area contributed by atoms with E-state index in [1.54, 1.807) is 9.71 Å². The molecule has 0 aliphatic carbocycles. The third-order valence-electron chi connectivity index (χ3n) is 3.37. The molecule has 0 unspecified atom stereocenters. The van der Waals surface area contributed by atoms with E-state index in [4.69, 9.17) is 7.98 Å². The molecule has 1 aliphatic heterocycles. The number of nitro benzene ring substituents is 1. The Hall–Kier alpha value is -1.77. The van der Waals surface area contributed by atoms with Crippen molar-refractivity contribution < 1.29 is 18.1 Å². The van der Waals surface area contributed by atoms with Gasteiger partial charge in [0.2, 0.25) is 0 Å². The normalized spacial score (nSPS) is 17.6. The van der Waals surface area contributed by atoms with E-state index in [0.717, 1.165) is 12.1 Å². The van der Waals surface area contributed by atoms with Gasteiger partial charge in [-0.25, -0.2) is 0 Å². The quantitative estimate of drug-likeness (QED) is 0.477. The maximum Gasteiger partial charge on any atom is 0.418 e. The van der Waals surface area contributed by atoms with Crippen molar-refractivity contribution in [2.45, 2.75) is 12.6 Å². The second-order valence-electron chi connectivity index (χ2n) is 4.83. The molecule has 1 aromatic rings. The Morgan fingerprint density at radius 3 is 2.52 bits per heavy atom. The van der Waals surface area contributed by atoms with Gasteiger partial charge in [-0.1, -0.05) is 0 Å². The first-order valence-electron chi connectivity index (χ1n) is 6.39. The van der Waals surface area contributed by atoms with Crippen LogP contribution in [0, 0.1) is 10.1 Å². The minimum absolute atomic E-state index is 0.0385. The number of alkyl halides is 3. The standard InChI is InChI=1S/C12H13BF3N3O2/c13-18-5-1-4-17(6-7-18)11-3-2-9(19(20)21)8-10(11)12(14,15)16/h2-3,8H,1,4-7H2. The van der Waals surface area contributed by atoms with Gasteiger partial charge in [-0.15, -0.1) is 0 Å². The number of nitrogens with zero attached hydrogens (tertiary/aromatic N) is 3. The summed E-state index contributed by atoms with van der Waals surface area (Å²) in [6.45, 7) is 1.81. The molecular weight excluding hydrogens is 286 g/mol. The number of anilines is 1. The zero-order valence-electron chi connectivity index (χ0n) is 11.1. The Balaban J connectivity index is 2.40. The molecule has 1 aliphatic rings. The summed E-state index contributed by atoms with van der Waals surface area (Å²) >= 11 is 0. The number of hydrogen-bond donors (Lipinski definition) is 0. The fourth-order valence-electron chi connectivity index (χ4n) is 2.32. The predicted molar refractivity (Wildman–Crippen MR) is 72.3 cm³/mol. The minimum Gasteiger partial charge on any atom is -0.370 e. The van der Waals surface area contributed by atoms with Crippen molar-refractivity contribution in [3.8, 4) is 0 Å². The number of nitro groups is 1. The monoisotopic (exact) mass is 299 g/mol. The molecule has 21 heavy (non-hydrogen) atoms. The fourth-order valence-corrected chi connectivity index (χ4v) is 2.32.